The molecule has 1 amide bonds. The molecule has 1 saturated heterocycles. The Balaban J connectivity index is 0.00000169. The van der Waals surface area contributed by atoms with E-state index in [-0.39, 0.29) is 36.8 Å². The number of halogens is 3. The van der Waals surface area contributed by atoms with E-state index < -0.39 is 0 Å². The molecule has 1 aromatic carbocycles. The molecule has 5 nitrogen and oxygen atoms in total. The van der Waals surface area contributed by atoms with Crippen molar-refractivity contribution in [2.24, 2.45) is 5.92 Å². The molecule has 2 aromatic rings. The first kappa shape index (κ1) is 22.7. The molecule has 0 aliphatic carbocycles. The van der Waals surface area contributed by atoms with Gasteiger partial charge in [0.15, 0.2) is 0 Å². The number of nitrogens with zero attached hydrogens (tertiary/aromatic N) is 1. The van der Waals surface area contributed by atoms with Crippen LogP contribution in [0.3, 0.4) is 0 Å². The number of nitrogens with one attached hydrogen (secondary N) is 2. The Labute approximate surface area is 174 Å². The Morgan fingerprint density at radius 2 is 1.96 bits per heavy atom. The summed E-state index contributed by atoms with van der Waals surface area (Å²) in [6.45, 7) is 4.02. The Bertz CT molecular complexity index is 699. The van der Waals surface area contributed by atoms with Crippen molar-refractivity contribution in [2.75, 3.05) is 13.1 Å². The van der Waals surface area contributed by atoms with Gasteiger partial charge in [-0.25, -0.2) is 4.98 Å². The Kier molecular flexibility index (Phi) is 9.36. The van der Waals surface area contributed by atoms with E-state index in [1.165, 1.54) is 0 Å². The molecule has 2 heterocycles. The molecule has 0 bridgehead atoms. The van der Waals surface area contributed by atoms with Gasteiger partial charge in [-0.3, -0.25) is 4.79 Å². The van der Waals surface area contributed by atoms with E-state index in [4.69, 9.17) is 4.74 Å². The first-order chi connectivity index (χ1) is 11.6. The number of hydrogen-bond donors (Lipinski definition) is 2. The topological polar surface area (TPSA) is 63.2 Å². The number of pyridine rings is 1. The van der Waals surface area contributed by atoms with E-state index in [1.54, 1.807) is 18.3 Å². The predicted octanol–water partition coefficient (Wildman–Crippen LogP) is 4.21. The van der Waals surface area contributed by atoms with Crippen LogP contribution in [0.5, 0.6) is 11.6 Å². The number of piperidine rings is 1. The zero-order chi connectivity index (χ0) is 16.9. The molecule has 1 aliphatic heterocycles. The number of amides is 1. The highest BCUT2D eigenvalue weighted by Crippen LogP contribution is 2.21. The summed E-state index contributed by atoms with van der Waals surface area (Å²) in [4.78, 5) is 16.6. The fourth-order valence-corrected chi connectivity index (χ4v) is 2.94. The molecule has 1 aromatic heterocycles. The van der Waals surface area contributed by atoms with Gasteiger partial charge in [-0.15, -0.1) is 24.8 Å². The van der Waals surface area contributed by atoms with Crippen LogP contribution in [-0.2, 0) is 0 Å². The average Bonchev–Trinajstić information content (AvgIpc) is 2.59. The largest absolute Gasteiger partial charge is 0.439 e. The van der Waals surface area contributed by atoms with E-state index in [9.17, 15) is 4.79 Å². The minimum atomic E-state index is -0.0866. The molecule has 0 saturated carbocycles. The van der Waals surface area contributed by atoms with Crippen LogP contribution in [0.4, 0.5) is 0 Å². The summed E-state index contributed by atoms with van der Waals surface area (Å²) in [5, 5.41) is 6.42. The van der Waals surface area contributed by atoms with Crippen molar-refractivity contribution in [3.05, 3.63) is 52.6 Å². The van der Waals surface area contributed by atoms with Gasteiger partial charge in [0.1, 0.15) is 5.75 Å². The molecule has 3 rings (SSSR count). The second-order valence-corrected chi connectivity index (χ2v) is 6.91. The minimum Gasteiger partial charge on any atom is -0.439 e. The van der Waals surface area contributed by atoms with Gasteiger partial charge in [0.2, 0.25) is 5.88 Å². The number of benzene rings is 1. The standard InChI is InChI=1S/C18H20BrN3O2.2ClH/c1-12-10-20-9-8-16(12)22-18(23)13-2-7-17(21-11-13)24-15-5-3-14(19)4-6-15;;/h2-7,11-12,16,20H,8-10H2,1H3,(H,22,23);2*1H. The average molecular weight is 463 g/mol. The van der Waals surface area contributed by atoms with Crippen LogP contribution in [0.15, 0.2) is 47.1 Å². The van der Waals surface area contributed by atoms with Crippen molar-refractivity contribution in [3.63, 3.8) is 0 Å². The maximum atomic E-state index is 12.3. The van der Waals surface area contributed by atoms with Gasteiger partial charge in [-0.2, -0.15) is 0 Å². The summed E-state index contributed by atoms with van der Waals surface area (Å²) in [7, 11) is 0. The van der Waals surface area contributed by atoms with Crippen LogP contribution < -0.4 is 15.4 Å². The molecule has 2 atom stereocenters. The van der Waals surface area contributed by atoms with E-state index in [0.29, 0.717) is 23.1 Å². The highest BCUT2D eigenvalue weighted by atomic mass is 79.9. The molecule has 2 unspecified atom stereocenters. The van der Waals surface area contributed by atoms with Crippen LogP contribution >= 0.6 is 40.7 Å². The van der Waals surface area contributed by atoms with Gasteiger partial charge in [0.25, 0.3) is 5.91 Å². The van der Waals surface area contributed by atoms with Crippen molar-refractivity contribution in [3.8, 4) is 11.6 Å². The third-order valence-corrected chi connectivity index (χ3v) is 4.67. The van der Waals surface area contributed by atoms with Crippen molar-refractivity contribution >= 4 is 46.7 Å². The Morgan fingerprint density at radius 3 is 2.58 bits per heavy atom. The van der Waals surface area contributed by atoms with E-state index in [0.717, 1.165) is 24.0 Å². The number of aromatic nitrogens is 1. The number of carbonyl (C=O) groups is 1. The van der Waals surface area contributed by atoms with E-state index in [1.807, 2.05) is 24.3 Å². The number of carbonyl (C=O) groups excluding carboxylic acids is 1. The van der Waals surface area contributed by atoms with Gasteiger partial charge >= 0.3 is 0 Å². The Hall–Kier alpha value is -1.34. The lowest BCUT2D eigenvalue weighted by atomic mass is 9.95. The quantitative estimate of drug-likeness (QED) is 0.714. The fraction of sp³-hybridized carbons (Fsp3) is 0.333. The molecule has 142 valence electrons. The van der Waals surface area contributed by atoms with Crippen LogP contribution in [0.25, 0.3) is 0 Å². The van der Waals surface area contributed by atoms with Crippen molar-refractivity contribution in [2.45, 2.75) is 19.4 Å². The van der Waals surface area contributed by atoms with Gasteiger partial charge in [-0.05, 0) is 55.8 Å². The highest BCUT2D eigenvalue weighted by molar-refractivity contribution is 9.10. The lowest BCUT2D eigenvalue weighted by Crippen LogP contribution is -2.48. The summed E-state index contributed by atoms with van der Waals surface area (Å²) in [6.07, 6.45) is 2.50. The minimum absolute atomic E-state index is 0. The van der Waals surface area contributed by atoms with Crippen LogP contribution in [0, 0.1) is 5.92 Å². The third-order valence-electron chi connectivity index (χ3n) is 4.14. The fourth-order valence-electron chi connectivity index (χ4n) is 2.68. The summed E-state index contributed by atoms with van der Waals surface area (Å²) in [5.41, 5.74) is 0.545. The monoisotopic (exact) mass is 461 g/mol. The second kappa shape index (κ2) is 10.7. The Morgan fingerprint density at radius 1 is 1.23 bits per heavy atom. The van der Waals surface area contributed by atoms with Crippen molar-refractivity contribution in [1.82, 2.24) is 15.6 Å². The summed E-state index contributed by atoms with van der Waals surface area (Å²) in [5.74, 6) is 1.50. The first-order valence-corrected chi connectivity index (χ1v) is 8.82. The second-order valence-electron chi connectivity index (χ2n) is 5.99. The molecule has 2 N–H and O–H groups in total. The summed E-state index contributed by atoms with van der Waals surface area (Å²) < 4.78 is 6.65. The lowest BCUT2D eigenvalue weighted by molar-refractivity contribution is 0.0914. The summed E-state index contributed by atoms with van der Waals surface area (Å²) >= 11 is 3.38. The molecular weight excluding hydrogens is 441 g/mol. The molecular formula is C18H22BrCl2N3O2. The first-order valence-electron chi connectivity index (χ1n) is 8.03. The van der Waals surface area contributed by atoms with Gasteiger partial charge in [0, 0.05) is 22.8 Å². The number of rotatable bonds is 4. The zero-order valence-electron chi connectivity index (χ0n) is 14.3. The SMILES string of the molecule is CC1CNCCC1NC(=O)c1ccc(Oc2ccc(Br)cc2)nc1.Cl.Cl. The van der Waals surface area contributed by atoms with Crippen LogP contribution in [0.1, 0.15) is 23.7 Å². The lowest BCUT2D eigenvalue weighted by Gasteiger charge is -2.30. The van der Waals surface area contributed by atoms with Gasteiger partial charge < -0.3 is 15.4 Å². The molecule has 1 fully saturated rings. The molecule has 0 radical (unpaired) electrons. The van der Waals surface area contributed by atoms with Gasteiger partial charge in [0.05, 0.1) is 5.56 Å². The molecule has 26 heavy (non-hydrogen) atoms. The molecule has 1 aliphatic rings. The summed E-state index contributed by atoms with van der Waals surface area (Å²) in [6, 6.07) is 11.2. The maximum Gasteiger partial charge on any atom is 0.253 e. The molecule has 8 heteroatoms. The molecule has 0 spiro atoms. The van der Waals surface area contributed by atoms with Crippen molar-refractivity contribution in [1.29, 1.82) is 0 Å². The maximum absolute atomic E-state index is 12.3. The van der Waals surface area contributed by atoms with Crippen LogP contribution in [-0.4, -0.2) is 30.0 Å². The van der Waals surface area contributed by atoms with Crippen LogP contribution in [0.2, 0.25) is 0 Å². The number of ether oxygens (including phenoxy) is 1. The highest BCUT2D eigenvalue weighted by Gasteiger charge is 2.23. The third kappa shape index (κ3) is 6.13. The smallest absolute Gasteiger partial charge is 0.253 e. The predicted molar refractivity (Wildman–Crippen MR) is 111 cm³/mol. The normalized spacial score (nSPS) is 18.8. The van der Waals surface area contributed by atoms with Gasteiger partial charge in [-0.1, -0.05) is 22.9 Å². The zero-order valence-corrected chi connectivity index (χ0v) is 17.5. The van der Waals surface area contributed by atoms with Crippen molar-refractivity contribution < 1.29 is 9.53 Å². The number of hydrogen-bond acceptors (Lipinski definition) is 4. The van der Waals surface area contributed by atoms with E-state index in [2.05, 4.69) is 38.5 Å². The van der Waals surface area contributed by atoms with E-state index >= 15 is 0 Å².